The Bertz CT molecular complexity index is 2080. The molecule has 0 radical (unpaired) electrons. The summed E-state index contributed by atoms with van der Waals surface area (Å²) in [6.07, 6.45) is 13.8. The second-order valence-electron chi connectivity index (χ2n) is 11.0. The van der Waals surface area contributed by atoms with E-state index in [2.05, 4.69) is 66.4 Å². The van der Waals surface area contributed by atoms with Crippen molar-refractivity contribution < 1.29 is 4.92 Å². The molecule has 0 aromatic carbocycles. The van der Waals surface area contributed by atoms with E-state index in [9.17, 15) is 10.1 Å². The van der Waals surface area contributed by atoms with Crippen molar-refractivity contribution in [2.45, 2.75) is 75.3 Å². The minimum absolute atomic E-state index is 0.0960. The molecule has 0 amide bonds. The molecule has 5 rings (SSSR count). The third-order valence-electron chi connectivity index (χ3n) is 7.15. The van der Waals surface area contributed by atoms with E-state index in [-0.39, 0.29) is 5.00 Å². The van der Waals surface area contributed by atoms with Crippen LogP contribution in [0, 0.1) is 57.5 Å². The van der Waals surface area contributed by atoms with Crippen LogP contribution in [0.5, 0.6) is 0 Å². The molecule has 5 aromatic heterocycles. The minimum atomic E-state index is -0.398. The summed E-state index contributed by atoms with van der Waals surface area (Å²) in [6.45, 7) is 2.28. The maximum Gasteiger partial charge on any atom is 0.325 e. The number of rotatable bonds is 13. The van der Waals surface area contributed by atoms with E-state index in [4.69, 9.17) is 0 Å². The zero-order valence-electron chi connectivity index (χ0n) is 27.3. The van der Waals surface area contributed by atoms with E-state index in [1.165, 1.54) is 91.6 Å². The highest BCUT2D eigenvalue weighted by molar-refractivity contribution is 8.01. The van der Waals surface area contributed by atoms with E-state index in [0.717, 1.165) is 45.5 Å². The van der Waals surface area contributed by atoms with E-state index in [1.54, 1.807) is 40.1 Å². The Hall–Kier alpha value is -3.51. The average Bonchev–Trinajstić information content (AvgIpc) is 3.95. The van der Waals surface area contributed by atoms with E-state index in [1.807, 2.05) is 48.2 Å². The van der Waals surface area contributed by atoms with Gasteiger partial charge >= 0.3 is 5.00 Å². The van der Waals surface area contributed by atoms with Gasteiger partial charge in [-0.25, -0.2) is 0 Å². The Balaban J connectivity index is 1.04. The second-order valence-corrected chi connectivity index (χ2v) is 17.8. The maximum atomic E-state index is 10.9. The van der Waals surface area contributed by atoms with Crippen molar-refractivity contribution in [1.29, 1.82) is 0 Å². The predicted molar refractivity (Wildman–Crippen MR) is 215 cm³/mol. The fourth-order valence-electron chi connectivity index (χ4n) is 4.63. The number of unbranched alkanes of at least 4 members (excludes halogenated alkanes) is 9. The van der Waals surface area contributed by atoms with Gasteiger partial charge in [0.25, 0.3) is 0 Å². The van der Waals surface area contributed by atoms with Gasteiger partial charge in [0.2, 0.25) is 0 Å². The summed E-state index contributed by atoms with van der Waals surface area (Å²) >= 11 is 9.52. The summed E-state index contributed by atoms with van der Waals surface area (Å²) in [5, 5.41) is 11.0. The highest BCUT2D eigenvalue weighted by Gasteiger charge is 2.08. The van der Waals surface area contributed by atoms with Crippen LogP contribution in [0.4, 0.5) is 5.00 Å². The molecule has 0 aliphatic rings. The number of nitro groups is 1. The normalized spacial score (nSPS) is 10.2. The van der Waals surface area contributed by atoms with Gasteiger partial charge in [0, 0.05) is 6.07 Å². The van der Waals surface area contributed by atoms with Crippen molar-refractivity contribution in [1.82, 2.24) is 0 Å². The number of thioether (sulfide) groups is 1. The molecule has 49 heavy (non-hydrogen) atoms. The van der Waals surface area contributed by atoms with E-state index in [0.29, 0.717) is 4.88 Å². The molecule has 0 unspecified atom stereocenters. The second kappa shape index (κ2) is 20.2. The van der Waals surface area contributed by atoms with Gasteiger partial charge in [0.1, 0.15) is 0 Å². The van der Waals surface area contributed by atoms with Crippen LogP contribution in [0.1, 0.15) is 110 Å². The molecule has 5 aromatic rings. The molecule has 0 saturated carbocycles. The molecule has 0 atom stereocenters. The van der Waals surface area contributed by atoms with Gasteiger partial charge in [-0.05, 0) is 114 Å². The molecule has 0 aliphatic heterocycles. The van der Waals surface area contributed by atoms with Gasteiger partial charge < -0.3 is 0 Å². The van der Waals surface area contributed by atoms with E-state index < -0.39 is 4.92 Å². The first kappa shape index (κ1) is 36.8. The van der Waals surface area contributed by atoms with Crippen LogP contribution >= 0.6 is 68.4 Å². The predicted octanol–water partition coefficient (Wildman–Crippen LogP) is 12.5. The number of hydrogen-bond donors (Lipinski definition) is 0. The molecule has 248 valence electrons. The number of thiophene rings is 5. The van der Waals surface area contributed by atoms with Gasteiger partial charge in [-0.15, -0.1) is 57.1 Å². The van der Waals surface area contributed by atoms with Crippen LogP contribution in [0.3, 0.4) is 0 Å². The lowest BCUT2D eigenvalue weighted by atomic mass is 10.1. The first-order valence-electron chi connectivity index (χ1n) is 16.4. The molecule has 5 heterocycles. The third kappa shape index (κ3) is 13.0. The minimum Gasteiger partial charge on any atom is -0.258 e. The van der Waals surface area contributed by atoms with Gasteiger partial charge in [0.15, 0.2) is 0 Å². The molecule has 0 saturated heterocycles. The molecule has 0 bridgehead atoms. The Morgan fingerprint density at radius 3 is 1.24 bits per heavy atom. The summed E-state index contributed by atoms with van der Waals surface area (Å²) in [6, 6.07) is 19.4. The first-order chi connectivity index (χ1) is 24.0. The molecule has 0 fully saturated rings. The lowest BCUT2D eigenvalue weighted by molar-refractivity contribution is -0.380. The molecule has 9 heteroatoms. The van der Waals surface area contributed by atoms with Gasteiger partial charge in [-0.3, -0.25) is 10.1 Å². The van der Waals surface area contributed by atoms with Crippen molar-refractivity contribution in [3.8, 4) is 47.4 Å². The van der Waals surface area contributed by atoms with Gasteiger partial charge in [-0.1, -0.05) is 76.0 Å². The van der Waals surface area contributed by atoms with Crippen molar-refractivity contribution in [2.75, 3.05) is 5.75 Å². The highest BCUT2D eigenvalue weighted by atomic mass is 32.2. The molecular formula is C40H35NO2S6. The average molecular weight is 754 g/mol. The summed E-state index contributed by atoms with van der Waals surface area (Å²) in [5.41, 5.74) is 0. The standard InChI is InChI=1S/C40H35NO2S6/c1-2-3-4-5-6-7-8-9-10-11-30-44-40-29-27-38(49-40)25-23-36-21-19-34(47-36)17-15-32-13-12-31(45-32)14-16-33-18-20-35(46-33)22-24-37-26-28-39(48-37)41(42)43/h12-13,18-21,26-29H,2-11,30H2,1H3. The third-order valence-corrected chi connectivity index (χ3v) is 13.2. The van der Waals surface area contributed by atoms with Crippen LogP contribution in [0.25, 0.3) is 0 Å². The molecule has 0 aliphatic carbocycles. The van der Waals surface area contributed by atoms with Crippen LogP contribution in [-0.4, -0.2) is 10.7 Å². The smallest absolute Gasteiger partial charge is 0.258 e. The number of hydrogen-bond acceptors (Lipinski definition) is 8. The van der Waals surface area contributed by atoms with Crippen LogP contribution in [-0.2, 0) is 0 Å². The topological polar surface area (TPSA) is 43.1 Å². The zero-order valence-corrected chi connectivity index (χ0v) is 32.2. The van der Waals surface area contributed by atoms with Crippen molar-refractivity contribution >= 4 is 73.4 Å². The number of nitrogens with zero attached hydrogens (tertiary/aromatic N) is 1. The first-order valence-corrected chi connectivity index (χ1v) is 21.5. The summed E-state index contributed by atoms with van der Waals surface area (Å²) in [5.74, 6) is 26.9. The maximum absolute atomic E-state index is 10.9. The van der Waals surface area contributed by atoms with Crippen molar-refractivity contribution in [2.24, 2.45) is 0 Å². The fraction of sp³-hybridized carbons (Fsp3) is 0.300. The molecule has 0 N–H and O–H groups in total. The van der Waals surface area contributed by atoms with E-state index >= 15 is 0 Å². The molecule has 0 spiro atoms. The quantitative estimate of drug-likeness (QED) is 0.0395. The summed E-state index contributed by atoms with van der Waals surface area (Å²) < 4.78 is 1.36. The zero-order chi connectivity index (χ0) is 34.1. The van der Waals surface area contributed by atoms with Crippen molar-refractivity contribution in [3.63, 3.8) is 0 Å². The lowest BCUT2D eigenvalue weighted by Gasteiger charge is -2.02. The summed E-state index contributed by atoms with van der Waals surface area (Å²) in [7, 11) is 0. The highest BCUT2D eigenvalue weighted by Crippen LogP contribution is 2.28. The lowest BCUT2D eigenvalue weighted by Crippen LogP contribution is -1.83. The monoisotopic (exact) mass is 753 g/mol. The van der Waals surface area contributed by atoms with Crippen LogP contribution in [0.2, 0.25) is 0 Å². The van der Waals surface area contributed by atoms with Gasteiger partial charge in [-0.2, -0.15) is 0 Å². The SMILES string of the molecule is CCCCCCCCCCCCSc1ccc(C#Cc2ccc(C#Cc3ccc(C#Cc4ccc(C#Cc5ccc([N+](=O)[O-])s5)s4)s3)s2)s1. The Morgan fingerprint density at radius 2 is 0.837 bits per heavy atom. The largest absolute Gasteiger partial charge is 0.325 e. The van der Waals surface area contributed by atoms with Crippen molar-refractivity contribution in [3.05, 3.63) is 110 Å². The Morgan fingerprint density at radius 1 is 0.490 bits per heavy atom. The van der Waals surface area contributed by atoms with Crippen LogP contribution < -0.4 is 0 Å². The molecule has 3 nitrogen and oxygen atoms in total. The Labute approximate surface area is 314 Å². The van der Waals surface area contributed by atoms with Gasteiger partial charge in [0.05, 0.1) is 48.1 Å². The van der Waals surface area contributed by atoms with Crippen LogP contribution in [0.15, 0.2) is 64.9 Å². The molecular weight excluding hydrogens is 719 g/mol. The fourth-order valence-corrected chi connectivity index (χ4v) is 9.50. The summed E-state index contributed by atoms with van der Waals surface area (Å²) in [4.78, 5) is 17.9. The Kier molecular flexibility index (Phi) is 15.2.